The highest BCUT2D eigenvalue weighted by Crippen LogP contribution is 2.30. The second-order valence-corrected chi connectivity index (χ2v) is 11.9. The van der Waals surface area contributed by atoms with Crippen molar-refractivity contribution in [3.8, 4) is 5.75 Å². The highest BCUT2D eigenvalue weighted by Gasteiger charge is 2.52. The molecule has 3 aromatic carbocycles. The third kappa shape index (κ3) is 11.2. The van der Waals surface area contributed by atoms with Gasteiger partial charge in [-0.25, -0.2) is 0 Å². The lowest BCUT2D eigenvalue weighted by atomic mass is 9.94. The summed E-state index contributed by atoms with van der Waals surface area (Å²) in [5, 5.41) is 6.19. The fourth-order valence-corrected chi connectivity index (χ4v) is 4.78. The average molecular weight is 717 g/mol. The van der Waals surface area contributed by atoms with E-state index in [0.29, 0.717) is 16.9 Å². The van der Waals surface area contributed by atoms with E-state index >= 15 is 0 Å². The van der Waals surface area contributed by atoms with Crippen LogP contribution in [0, 0.1) is 5.92 Å². The molecule has 0 aromatic heterocycles. The molecular weight excluding hydrogens is 684 g/mol. The molecule has 0 aliphatic carbocycles. The van der Waals surface area contributed by atoms with Crippen molar-refractivity contribution in [1.82, 2.24) is 16.0 Å². The first-order chi connectivity index (χ1) is 22.5. The van der Waals surface area contributed by atoms with E-state index in [2.05, 4.69) is 10.6 Å². The molecule has 3 aromatic rings. The summed E-state index contributed by atoms with van der Waals surface area (Å²) in [6.07, 6.45) is -6.43. The van der Waals surface area contributed by atoms with Gasteiger partial charge >= 0.3 is 12.1 Å². The van der Waals surface area contributed by atoms with E-state index in [1.807, 2.05) is 0 Å². The number of carbonyl (C=O) groups excluding carboxylic acids is 4. The summed E-state index contributed by atoms with van der Waals surface area (Å²) in [5.41, 5.74) is 1.03. The molecule has 3 amide bonds. The number of alkyl halides is 5. The van der Waals surface area contributed by atoms with Gasteiger partial charge in [-0.05, 0) is 41.3 Å². The highest BCUT2D eigenvalue weighted by molar-refractivity contribution is 6.42. The van der Waals surface area contributed by atoms with Crippen LogP contribution in [0.1, 0.15) is 37.5 Å². The Morgan fingerprint density at radius 1 is 0.812 bits per heavy atom. The number of benzene rings is 3. The molecule has 3 atom stereocenters. The van der Waals surface area contributed by atoms with Gasteiger partial charge in [0.25, 0.3) is 5.91 Å². The van der Waals surface area contributed by atoms with Crippen molar-refractivity contribution in [3.05, 3.63) is 100 Å². The zero-order valence-corrected chi connectivity index (χ0v) is 27.1. The van der Waals surface area contributed by atoms with Crippen molar-refractivity contribution >= 4 is 46.7 Å². The summed E-state index contributed by atoms with van der Waals surface area (Å²) in [7, 11) is 0. The number of rotatable bonds is 15. The fraction of sp³-hybridized carbons (Fsp3) is 0.333. The number of nitrogens with one attached hydrogen (secondary N) is 3. The zero-order chi connectivity index (χ0) is 35.6. The normalized spacial score (nSPS) is 13.6. The van der Waals surface area contributed by atoms with Gasteiger partial charge in [-0.15, -0.1) is 0 Å². The summed E-state index contributed by atoms with van der Waals surface area (Å²) >= 11 is 12.3. The largest absolute Gasteiger partial charge is 0.485 e. The van der Waals surface area contributed by atoms with Crippen LogP contribution in [0.4, 0.5) is 22.0 Å². The molecule has 0 fully saturated rings. The summed E-state index contributed by atoms with van der Waals surface area (Å²) in [6, 6.07) is 18.1. The predicted molar refractivity (Wildman–Crippen MR) is 169 cm³/mol. The Morgan fingerprint density at radius 3 is 1.98 bits per heavy atom. The van der Waals surface area contributed by atoms with Crippen molar-refractivity contribution < 1.29 is 45.9 Å². The van der Waals surface area contributed by atoms with Crippen molar-refractivity contribution in [3.63, 3.8) is 0 Å². The standard InChI is InChI=1S/C33H32Cl2F5N3O5/c1-19(2)28(29(45)33(39,40)31(47)41-18-32(36,37)38)43-30(46)25(15-20-9-5-3-6-10-20)42-27(44)17-26(48-22-11-7-4-8-12-22)21-13-14-23(34)24(35)16-21/h3-14,16,19,25-26,28H,15,17-18H2,1-2H3,(H,41,47)(H,42,44)(H,43,46). The molecule has 258 valence electrons. The summed E-state index contributed by atoms with van der Waals surface area (Å²) in [5.74, 6) is -11.9. The zero-order valence-electron chi connectivity index (χ0n) is 25.6. The summed E-state index contributed by atoms with van der Waals surface area (Å²) in [4.78, 5) is 51.7. The molecule has 0 bridgehead atoms. The van der Waals surface area contributed by atoms with E-state index in [-0.39, 0.29) is 22.9 Å². The first-order valence-electron chi connectivity index (χ1n) is 14.6. The number of hydrogen-bond acceptors (Lipinski definition) is 5. The number of carbonyl (C=O) groups is 4. The van der Waals surface area contributed by atoms with Gasteiger partial charge in [0, 0.05) is 6.42 Å². The Labute approximate surface area is 283 Å². The smallest absolute Gasteiger partial charge is 0.405 e. The lowest BCUT2D eigenvalue weighted by Gasteiger charge is -2.28. The third-order valence-electron chi connectivity index (χ3n) is 6.93. The van der Waals surface area contributed by atoms with Crippen LogP contribution in [0.3, 0.4) is 0 Å². The molecule has 3 unspecified atom stereocenters. The lowest BCUT2D eigenvalue weighted by Crippen LogP contribution is -2.59. The molecule has 48 heavy (non-hydrogen) atoms. The highest BCUT2D eigenvalue weighted by atomic mass is 35.5. The number of ether oxygens (including phenoxy) is 1. The minimum Gasteiger partial charge on any atom is -0.485 e. The summed E-state index contributed by atoms with van der Waals surface area (Å²) in [6.45, 7) is 0.496. The number of Topliss-reactive ketones (excluding diaryl/α,β-unsaturated/α-hetero) is 1. The maximum absolute atomic E-state index is 14.8. The average Bonchev–Trinajstić information content (AvgIpc) is 3.03. The minimum atomic E-state index is -5.01. The second kappa shape index (κ2) is 16.7. The molecule has 3 N–H and O–H groups in total. The van der Waals surface area contributed by atoms with E-state index < -0.39 is 66.3 Å². The molecule has 0 saturated carbocycles. The monoisotopic (exact) mass is 715 g/mol. The van der Waals surface area contributed by atoms with Gasteiger partial charge in [-0.3, -0.25) is 19.2 Å². The van der Waals surface area contributed by atoms with Crippen LogP contribution in [0.2, 0.25) is 10.0 Å². The molecule has 0 aliphatic heterocycles. The van der Waals surface area contributed by atoms with Crippen LogP contribution < -0.4 is 20.7 Å². The lowest BCUT2D eigenvalue weighted by molar-refractivity contribution is -0.165. The topological polar surface area (TPSA) is 114 Å². The van der Waals surface area contributed by atoms with Gasteiger partial charge in [0.15, 0.2) is 0 Å². The van der Waals surface area contributed by atoms with Crippen molar-refractivity contribution in [2.45, 2.75) is 57.0 Å². The van der Waals surface area contributed by atoms with Gasteiger partial charge in [-0.1, -0.05) is 91.6 Å². The van der Waals surface area contributed by atoms with Crippen LogP contribution in [0.25, 0.3) is 0 Å². The number of ketones is 1. The fourth-order valence-electron chi connectivity index (χ4n) is 4.47. The minimum absolute atomic E-state index is 0.142. The molecular formula is C33H32Cl2F5N3O5. The quantitative estimate of drug-likeness (QED) is 0.127. The second-order valence-electron chi connectivity index (χ2n) is 11.1. The molecule has 8 nitrogen and oxygen atoms in total. The van der Waals surface area contributed by atoms with Gasteiger partial charge in [0.05, 0.1) is 22.5 Å². The van der Waals surface area contributed by atoms with Crippen molar-refractivity contribution in [2.75, 3.05) is 6.54 Å². The van der Waals surface area contributed by atoms with Gasteiger partial charge < -0.3 is 20.7 Å². The molecule has 0 saturated heterocycles. The SMILES string of the molecule is CC(C)C(NC(=O)C(Cc1ccccc1)NC(=O)CC(Oc1ccccc1)c1ccc(Cl)c(Cl)c1)C(=O)C(F)(F)C(=O)NCC(F)(F)F. The van der Waals surface area contributed by atoms with Gasteiger partial charge in [0.2, 0.25) is 17.6 Å². The molecule has 0 radical (unpaired) electrons. The maximum atomic E-state index is 14.8. The predicted octanol–water partition coefficient (Wildman–Crippen LogP) is 6.25. The third-order valence-corrected chi connectivity index (χ3v) is 7.67. The molecule has 15 heteroatoms. The van der Waals surface area contributed by atoms with Crippen LogP contribution in [-0.2, 0) is 25.6 Å². The van der Waals surface area contributed by atoms with Gasteiger partial charge in [-0.2, -0.15) is 22.0 Å². The molecule has 0 heterocycles. The Balaban J connectivity index is 1.85. The van der Waals surface area contributed by atoms with Crippen molar-refractivity contribution in [2.24, 2.45) is 5.92 Å². The number of hydrogen-bond donors (Lipinski definition) is 3. The molecule has 0 spiro atoms. The Bertz CT molecular complexity index is 1580. The Hall–Kier alpha value is -4.23. The van der Waals surface area contributed by atoms with E-state index in [4.69, 9.17) is 27.9 Å². The first-order valence-corrected chi connectivity index (χ1v) is 15.3. The van der Waals surface area contributed by atoms with Crippen LogP contribution in [-0.4, -0.2) is 54.2 Å². The first kappa shape index (κ1) is 38.2. The van der Waals surface area contributed by atoms with E-state index in [1.165, 1.54) is 26.0 Å². The maximum Gasteiger partial charge on any atom is 0.405 e. The van der Waals surface area contributed by atoms with Crippen molar-refractivity contribution in [1.29, 1.82) is 0 Å². The Morgan fingerprint density at radius 2 is 1.42 bits per heavy atom. The van der Waals surface area contributed by atoms with E-state index in [0.717, 1.165) is 5.32 Å². The van der Waals surface area contributed by atoms with Gasteiger partial charge in [0.1, 0.15) is 24.4 Å². The van der Waals surface area contributed by atoms with E-state index in [1.54, 1.807) is 66.7 Å². The van der Waals surface area contributed by atoms with Crippen LogP contribution >= 0.6 is 23.2 Å². The Kier molecular flexibility index (Phi) is 13.3. The summed E-state index contributed by atoms with van der Waals surface area (Å²) < 4.78 is 73.1. The molecule has 0 aliphatic rings. The van der Waals surface area contributed by atoms with Crippen LogP contribution in [0.5, 0.6) is 5.75 Å². The number of amides is 3. The van der Waals surface area contributed by atoms with Crippen LogP contribution in [0.15, 0.2) is 78.9 Å². The molecule has 3 rings (SSSR count). The van der Waals surface area contributed by atoms with E-state index in [9.17, 15) is 41.1 Å². The number of para-hydroxylation sites is 1. The number of halogens is 7.